The molecule has 0 bridgehead atoms. The van der Waals surface area contributed by atoms with E-state index in [9.17, 15) is 4.79 Å². The Morgan fingerprint density at radius 1 is 1.32 bits per heavy atom. The van der Waals surface area contributed by atoms with Gasteiger partial charge in [0.1, 0.15) is 5.60 Å². The van der Waals surface area contributed by atoms with Crippen LogP contribution < -0.4 is 16.0 Å². The molecule has 1 rings (SSSR count). The van der Waals surface area contributed by atoms with Crippen molar-refractivity contribution in [1.82, 2.24) is 16.0 Å². The molecule has 5 heteroatoms. The van der Waals surface area contributed by atoms with E-state index in [1.165, 1.54) is 19.3 Å². The lowest BCUT2D eigenvalue weighted by Crippen LogP contribution is -2.49. The summed E-state index contributed by atoms with van der Waals surface area (Å²) >= 11 is 0. The number of alkyl carbamates (subject to hydrolysis) is 1. The van der Waals surface area contributed by atoms with Crippen LogP contribution in [0.4, 0.5) is 4.79 Å². The smallest absolute Gasteiger partial charge is 0.407 e. The van der Waals surface area contributed by atoms with Gasteiger partial charge in [0.05, 0.1) is 0 Å². The fraction of sp³-hybridized carbons (Fsp3) is 0.941. The Morgan fingerprint density at radius 2 is 2.05 bits per heavy atom. The summed E-state index contributed by atoms with van der Waals surface area (Å²) in [5.41, 5.74) is -0.447. The molecule has 1 aliphatic heterocycles. The summed E-state index contributed by atoms with van der Waals surface area (Å²) in [6, 6.07) is 0.848. The van der Waals surface area contributed by atoms with Gasteiger partial charge in [-0.25, -0.2) is 4.79 Å². The van der Waals surface area contributed by atoms with E-state index in [1.54, 1.807) is 0 Å². The maximum atomic E-state index is 11.8. The van der Waals surface area contributed by atoms with Gasteiger partial charge in [0.25, 0.3) is 0 Å². The van der Waals surface area contributed by atoms with Crippen molar-refractivity contribution in [2.75, 3.05) is 19.6 Å². The van der Waals surface area contributed by atoms with Crippen LogP contribution >= 0.6 is 0 Å². The second-order valence-electron chi connectivity index (χ2n) is 7.76. The average molecular weight is 313 g/mol. The monoisotopic (exact) mass is 313 g/mol. The SMILES string of the molecule is CC(C)CC(CNC(=O)OC(C)(C)C)NCC1CCCCN1. The van der Waals surface area contributed by atoms with E-state index in [0.717, 1.165) is 19.5 Å². The van der Waals surface area contributed by atoms with Crippen molar-refractivity contribution in [2.24, 2.45) is 5.92 Å². The van der Waals surface area contributed by atoms with E-state index >= 15 is 0 Å². The van der Waals surface area contributed by atoms with Gasteiger partial charge in [0, 0.05) is 25.2 Å². The first-order valence-electron chi connectivity index (χ1n) is 8.70. The van der Waals surface area contributed by atoms with E-state index in [4.69, 9.17) is 4.74 Å². The van der Waals surface area contributed by atoms with Gasteiger partial charge in [-0.2, -0.15) is 0 Å². The molecule has 1 saturated heterocycles. The molecular formula is C17H35N3O2. The minimum absolute atomic E-state index is 0.288. The lowest BCUT2D eigenvalue weighted by atomic mass is 10.0. The molecular weight excluding hydrogens is 278 g/mol. The highest BCUT2D eigenvalue weighted by Gasteiger charge is 2.19. The van der Waals surface area contributed by atoms with Crippen LogP contribution in [0.1, 0.15) is 60.3 Å². The van der Waals surface area contributed by atoms with Crippen molar-refractivity contribution in [3.05, 3.63) is 0 Å². The van der Waals surface area contributed by atoms with Crippen molar-refractivity contribution in [2.45, 2.75) is 78.0 Å². The second-order valence-corrected chi connectivity index (χ2v) is 7.76. The second kappa shape index (κ2) is 9.36. The molecule has 0 aromatic carbocycles. The van der Waals surface area contributed by atoms with Crippen molar-refractivity contribution >= 4 is 6.09 Å². The molecule has 0 aromatic rings. The number of amides is 1. The van der Waals surface area contributed by atoms with Gasteiger partial charge in [-0.1, -0.05) is 20.3 Å². The van der Waals surface area contributed by atoms with Crippen molar-refractivity contribution in [1.29, 1.82) is 0 Å². The van der Waals surface area contributed by atoms with Crippen molar-refractivity contribution < 1.29 is 9.53 Å². The fourth-order valence-electron chi connectivity index (χ4n) is 2.74. The maximum Gasteiger partial charge on any atom is 0.407 e. The number of ether oxygens (including phenoxy) is 1. The van der Waals surface area contributed by atoms with Gasteiger partial charge in [0.15, 0.2) is 0 Å². The first kappa shape index (κ1) is 19.2. The molecule has 130 valence electrons. The Labute approximate surface area is 135 Å². The largest absolute Gasteiger partial charge is 0.444 e. The molecule has 3 N–H and O–H groups in total. The lowest BCUT2D eigenvalue weighted by Gasteiger charge is -2.28. The van der Waals surface area contributed by atoms with Crippen LogP contribution in [0.25, 0.3) is 0 Å². The van der Waals surface area contributed by atoms with Gasteiger partial charge >= 0.3 is 6.09 Å². The third-order valence-corrected chi connectivity index (χ3v) is 3.71. The molecule has 2 atom stereocenters. The topological polar surface area (TPSA) is 62.4 Å². The molecule has 1 aliphatic rings. The van der Waals surface area contributed by atoms with Crippen LogP contribution in [-0.4, -0.2) is 43.4 Å². The highest BCUT2D eigenvalue weighted by Crippen LogP contribution is 2.09. The minimum atomic E-state index is -0.447. The Bertz CT molecular complexity index is 320. The predicted octanol–water partition coefficient (Wildman–Crippen LogP) is 2.66. The third kappa shape index (κ3) is 9.26. The summed E-state index contributed by atoms with van der Waals surface area (Å²) in [6.45, 7) is 12.8. The van der Waals surface area contributed by atoms with Crippen LogP contribution in [0.15, 0.2) is 0 Å². The van der Waals surface area contributed by atoms with Crippen LogP contribution in [-0.2, 0) is 4.74 Å². The Morgan fingerprint density at radius 3 is 2.59 bits per heavy atom. The standard InChI is InChI=1S/C17H35N3O2/c1-13(2)10-15(12-20-16(21)22-17(3,4)5)19-11-14-8-6-7-9-18-14/h13-15,18-19H,6-12H2,1-5H3,(H,20,21). The van der Waals surface area contributed by atoms with Crippen LogP contribution in [0.3, 0.4) is 0 Å². The number of nitrogens with one attached hydrogen (secondary N) is 3. The fourth-order valence-corrected chi connectivity index (χ4v) is 2.74. The van der Waals surface area contributed by atoms with Gasteiger partial charge in [-0.3, -0.25) is 0 Å². The molecule has 1 heterocycles. The predicted molar refractivity (Wildman–Crippen MR) is 91.1 cm³/mol. The molecule has 1 amide bonds. The number of carbonyl (C=O) groups is 1. The molecule has 0 aliphatic carbocycles. The van der Waals surface area contributed by atoms with E-state index in [2.05, 4.69) is 29.8 Å². The molecule has 22 heavy (non-hydrogen) atoms. The number of carbonyl (C=O) groups excluding carboxylic acids is 1. The normalized spacial score (nSPS) is 20.7. The molecule has 1 fully saturated rings. The summed E-state index contributed by atoms with van der Waals surface area (Å²) in [5.74, 6) is 0.595. The van der Waals surface area contributed by atoms with Crippen LogP contribution in [0, 0.1) is 5.92 Å². The number of rotatable bonds is 7. The zero-order chi connectivity index (χ0) is 16.6. The Hall–Kier alpha value is -0.810. The van der Waals surface area contributed by atoms with E-state index in [-0.39, 0.29) is 12.1 Å². The Balaban J connectivity index is 2.34. The minimum Gasteiger partial charge on any atom is -0.444 e. The van der Waals surface area contributed by atoms with Gasteiger partial charge in [-0.15, -0.1) is 0 Å². The average Bonchev–Trinajstić information content (AvgIpc) is 2.40. The van der Waals surface area contributed by atoms with Crippen molar-refractivity contribution in [3.8, 4) is 0 Å². The van der Waals surface area contributed by atoms with Crippen molar-refractivity contribution in [3.63, 3.8) is 0 Å². The molecule has 2 unspecified atom stereocenters. The van der Waals surface area contributed by atoms with Crippen LogP contribution in [0.5, 0.6) is 0 Å². The van der Waals surface area contributed by atoms with E-state index in [0.29, 0.717) is 18.5 Å². The Kier molecular flexibility index (Phi) is 8.18. The zero-order valence-electron chi connectivity index (χ0n) is 15.0. The van der Waals surface area contributed by atoms with E-state index in [1.807, 2.05) is 20.8 Å². The first-order valence-corrected chi connectivity index (χ1v) is 8.70. The van der Waals surface area contributed by atoms with Gasteiger partial charge < -0.3 is 20.7 Å². The molecule has 0 spiro atoms. The quantitative estimate of drug-likeness (QED) is 0.676. The van der Waals surface area contributed by atoms with E-state index < -0.39 is 5.60 Å². The number of hydrogen-bond donors (Lipinski definition) is 3. The maximum absolute atomic E-state index is 11.8. The van der Waals surface area contributed by atoms with Crippen LogP contribution in [0.2, 0.25) is 0 Å². The number of hydrogen-bond acceptors (Lipinski definition) is 4. The molecule has 0 radical (unpaired) electrons. The van der Waals surface area contributed by atoms with Gasteiger partial charge in [-0.05, 0) is 52.5 Å². The first-order chi connectivity index (χ1) is 10.3. The zero-order valence-corrected chi connectivity index (χ0v) is 15.0. The third-order valence-electron chi connectivity index (χ3n) is 3.71. The summed E-state index contributed by atoms with van der Waals surface area (Å²) in [7, 11) is 0. The summed E-state index contributed by atoms with van der Waals surface area (Å²) in [5, 5.41) is 10.0. The highest BCUT2D eigenvalue weighted by molar-refractivity contribution is 5.67. The molecule has 0 aromatic heterocycles. The summed E-state index contributed by atoms with van der Waals surface area (Å²) < 4.78 is 5.30. The van der Waals surface area contributed by atoms with Gasteiger partial charge in [0.2, 0.25) is 0 Å². The number of piperidine rings is 1. The molecule has 0 saturated carbocycles. The summed E-state index contributed by atoms with van der Waals surface area (Å²) in [4.78, 5) is 11.8. The summed E-state index contributed by atoms with van der Waals surface area (Å²) in [6.07, 6.45) is 4.54. The highest BCUT2D eigenvalue weighted by atomic mass is 16.6. The molecule has 5 nitrogen and oxygen atoms in total. The lowest BCUT2D eigenvalue weighted by molar-refractivity contribution is 0.0520.